The van der Waals surface area contributed by atoms with E-state index in [2.05, 4.69) is 0 Å². The highest BCUT2D eigenvalue weighted by atomic mass is 32.2. The van der Waals surface area contributed by atoms with Crippen LogP contribution in [-0.4, -0.2) is 19.3 Å². The Bertz CT molecular complexity index is 851. The average Bonchev–Trinajstić information content (AvgIpc) is 2.97. The van der Waals surface area contributed by atoms with Gasteiger partial charge >= 0.3 is 0 Å². The lowest BCUT2D eigenvalue weighted by Gasteiger charge is -2.25. The van der Waals surface area contributed by atoms with Crippen molar-refractivity contribution >= 4 is 15.7 Å². The highest BCUT2D eigenvalue weighted by Gasteiger charge is 2.40. The SMILES string of the molecule is Nc1c(C2CCCN2S(=O)(=O)c2ccccc2)c(=O)c1=O. The predicted octanol–water partition coefficient (Wildman–Crippen LogP) is 0.391. The van der Waals surface area contributed by atoms with Gasteiger partial charge < -0.3 is 5.73 Å². The van der Waals surface area contributed by atoms with Crippen LogP contribution in [0.5, 0.6) is 0 Å². The number of nitrogens with zero attached hydrogens (tertiary/aromatic N) is 1. The molecule has 1 fully saturated rings. The summed E-state index contributed by atoms with van der Waals surface area (Å²) in [4.78, 5) is 23.1. The molecule has 0 aromatic heterocycles. The number of hydrogen-bond acceptors (Lipinski definition) is 5. The van der Waals surface area contributed by atoms with Crippen LogP contribution >= 0.6 is 0 Å². The van der Waals surface area contributed by atoms with Crippen molar-refractivity contribution in [2.75, 3.05) is 12.3 Å². The molecule has 2 N–H and O–H groups in total. The Kier molecular flexibility index (Phi) is 3.18. The van der Waals surface area contributed by atoms with Crippen molar-refractivity contribution in [2.45, 2.75) is 23.8 Å². The molecular weight excluding hydrogens is 292 g/mol. The van der Waals surface area contributed by atoms with Gasteiger partial charge in [0.15, 0.2) is 0 Å². The number of benzene rings is 1. The minimum Gasteiger partial charge on any atom is -0.395 e. The summed E-state index contributed by atoms with van der Waals surface area (Å²) in [5, 5.41) is 0. The largest absolute Gasteiger partial charge is 0.395 e. The van der Waals surface area contributed by atoms with Crippen LogP contribution in [0, 0.1) is 0 Å². The van der Waals surface area contributed by atoms with Gasteiger partial charge in [-0.3, -0.25) is 9.59 Å². The van der Waals surface area contributed by atoms with Gasteiger partial charge in [0.1, 0.15) is 0 Å². The highest BCUT2D eigenvalue weighted by Crippen LogP contribution is 2.37. The first kappa shape index (κ1) is 14.0. The summed E-state index contributed by atoms with van der Waals surface area (Å²) in [6.45, 7) is 0.320. The van der Waals surface area contributed by atoms with Crippen LogP contribution in [0.3, 0.4) is 0 Å². The Balaban J connectivity index is 2.03. The van der Waals surface area contributed by atoms with E-state index in [1.807, 2.05) is 0 Å². The van der Waals surface area contributed by atoms with E-state index in [1.165, 1.54) is 16.4 Å². The van der Waals surface area contributed by atoms with E-state index in [4.69, 9.17) is 5.73 Å². The first-order chi connectivity index (χ1) is 9.94. The van der Waals surface area contributed by atoms with E-state index in [1.54, 1.807) is 18.2 Å². The monoisotopic (exact) mass is 306 g/mol. The lowest BCUT2D eigenvalue weighted by Crippen LogP contribution is -2.43. The molecule has 2 aromatic carbocycles. The number of hydrogen-bond donors (Lipinski definition) is 1. The topological polar surface area (TPSA) is 97.5 Å². The normalized spacial score (nSPS) is 20.1. The molecule has 0 spiro atoms. The molecule has 21 heavy (non-hydrogen) atoms. The second-order valence-electron chi connectivity index (χ2n) is 5.07. The smallest absolute Gasteiger partial charge is 0.249 e. The van der Waals surface area contributed by atoms with Crippen molar-refractivity contribution in [2.24, 2.45) is 0 Å². The molecule has 0 bridgehead atoms. The zero-order valence-corrected chi connectivity index (χ0v) is 12.0. The maximum absolute atomic E-state index is 12.7. The molecule has 0 amide bonds. The van der Waals surface area contributed by atoms with Gasteiger partial charge in [0.2, 0.25) is 20.9 Å². The van der Waals surface area contributed by atoms with E-state index >= 15 is 0 Å². The molecule has 7 heteroatoms. The molecule has 2 aromatic rings. The van der Waals surface area contributed by atoms with Gasteiger partial charge in [-0.25, -0.2) is 8.42 Å². The lowest BCUT2D eigenvalue weighted by atomic mass is 9.98. The molecular formula is C14H14N2O4S. The van der Waals surface area contributed by atoms with Crippen molar-refractivity contribution in [1.82, 2.24) is 4.31 Å². The third-order valence-corrected chi connectivity index (χ3v) is 5.79. The summed E-state index contributed by atoms with van der Waals surface area (Å²) in [7, 11) is -3.69. The number of rotatable bonds is 3. The number of anilines is 1. The van der Waals surface area contributed by atoms with Crippen LogP contribution in [0.15, 0.2) is 44.8 Å². The molecule has 1 saturated heterocycles. The molecule has 6 nitrogen and oxygen atoms in total. The maximum atomic E-state index is 12.7. The Morgan fingerprint density at radius 2 is 1.76 bits per heavy atom. The van der Waals surface area contributed by atoms with E-state index in [0.29, 0.717) is 19.4 Å². The lowest BCUT2D eigenvalue weighted by molar-refractivity contribution is 0.394. The van der Waals surface area contributed by atoms with E-state index in [-0.39, 0.29) is 16.1 Å². The van der Waals surface area contributed by atoms with Gasteiger partial charge in [-0.2, -0.15) is 4.31 Å². The zero-order valence-electron chi connectivity index (χ0n) is 11.2. The van der Waals surface area contributed by atoms with Crippen molar-refractivity contribution < 1.29 is 8.42 Å². The van der Waals surface area contributed by atoms with Gasteiger partial charge in [0, 0.05) is 12.1 Å². The molecule has 0 aliphatic carbocycles. The number of nitrogens with two attached hydrogens (primary N) is 1. The molecule has 1 aliphatic rings. The number of sulfonamides is 1. The van der Waals surface area contributed by atoms with Crippen LogP contribution in [0.1, 0.15) is 24.4 Å². The zero-order chi connectivity index (χ0) is 15.2. The van der Waals surface area contributed by atoms with Crippen LogP contribution in [0.4, 0.5) is 5.69 Å². The first-order valence-electron chi connectivity index (χ1n) is 6.60. The summed E-state index contributed by atoms with van der Waals surface area (Å²) in [5.41, 5.74) is 4.25. The van der Waals surface area contributed by atoms with Crippen molar-refractivity contribution in [1.29, 1.82) is 0 Å². The second kappa shape index (κ2) is 4.78. The molecule has 1 atom stereocenters. The standard InChI is InChI=1S/C14H14N2O4S/c15-12-11(13(17)14(12)18)10-7-4-8-16(10)21(19,20)9-5-2-1-3-6-9/h1-3,5-6,10H,4,7-8,15H2. The fourth-order valence-corrected chi connectivity index (χ4v) is 4.49. The quantitative estimate of drug-likeness (QED) is 0.827. The predicted molar refractivity (Wildman–Crippen MR) is 78.1 cm³/mol. The molecule has 0 radical (unpaired) electrons. The van der Waals surface area contributed by atoms with Gasteiger partial charge in [0.05, 0.1) is 16.6 Å². The average molecular weight is 306 g/mol. The van der Waals surface area contributed by atoms with Crippen molar-refractivity contribution in [3.63, 3.8) is 0 Å². The molecule has 1 aliphatic heterocycles. The highest BCUT2D eigenvalue weighted by molar-refractivity contribution is 7.89. The van der Waals surface area contributed by atoms with Crippen LogP contribution < -0.4 is 16.6 Å². The van der Waals surface area contributed by atoms with E-state index in [9.17, 15) is 18.0 Å². The van der Waals surface area contributed by atoms with E-state index in [0.717, 1.165) is 0 Å². The minimum absolute atomic E-state index is 0.0971. The fraction of sp³-hybridized carbons (Fsp3) is 0.286. The second-order valence-corrected chi connectivity index (χ2v) is 6.96. The third kappa shape index (κ3) is 2.00. The van der Waals surface area contributed by atoms with Gasteiger partial charge in [-0.15, -0.1) is 0 Å². The minimum atomic E-state index is -3.69. The van der Waals surface area contributed by atoms with Gasteiger partial charge in [0.25, 0.3) is 0 Å². The molecule has 3 rings (SSSR count). The van der Waals surface area contributed by atoms with Crippen LogP contribution in [0.2, 0.25) is 0 Å². The van der Waals surface area contributed by atoms with Crippen LogP contribution in [0.25, 0.3) is 0 Å². The van der Waals surface area contributed by atoms with E-state index < -0.39 is 26.9 Å². The Hall–Kier alpha value is -1.99. The molecule has 1 unspecified atom stereocenters. The van der Waals surface area contributed by atoms with Crippen LogP contribution in [-0.2, 0) is 10.0 Å². The molecule has 110 valence electrons. The summed E-state index contributed by atoms with van der Waals surface area (Å²) in [6.07, 6.45) is 1.14. The Morgan fingerprint density at radius 1 is 1.10 bits per heavy atom. The third-order valence-electron chi connectivity index (χ3n) is 3.87. The maximum Gasteiger partial charge on any atom is 0.249 e. The summed E-state index contributed by atoms with van der Waals surface area (Å²) >= 11 is 0. The number of nitrogen functional groups attached to an aromatic ring is 1. The van der Waals surface area contributed by atoms with Crippen molar-refractivity contribution in [3.05, 3.63) is 56.3 Å². The van der Waals surface area contributed by atoms with Gasteiger partial charge in [-0.05, 0) is 25.0 Å². The summed E-state index contributed by atoms with van der Waals surface area (Å²) < 4.78 is 26.6. The first-order valence-corrected chi connectivity index (χ1v) is 8.04. The van der Waals surface area contributed by atoms with Gasteiger partial charge in [-0.1, -0.05) is 18.2 Å². The fourth-order valence-electron chi connectivity index (χ4n) is 2.80. The van der Waals surface area contributed by atoms with Crippen molar-refractivity contribution in [3.8, 4) is 0 Å². The summed E-state index contributed by atoms with van der Waals surface area (Å²) in [5.74, 6) is 0. The summed E-state index contributed by atoms with van der Waals surface area (Å²) in [6, 6.07) is 7.41. The Morgan fingerprint density at radius 3 is 2.38 bits per heavy atom. The molecule has 0 saturated carbocycles. The Labute approximate surface area is 121 Å². The molecule has 1 heterocycles.